The maximum Gasteiger partial charge on any atom is 0.163 e. The first-order valence-corrected chi connectivity index (χ1v) is 8.90. The summed E-state index contributed by atoms with van der Waals surface area (Å²) in [7, 11) is 1.93. The maximum absolute atomic E-state index is 5.80. The van der Waals surface area contributed by atoms with Gasteiger partial charge in [0.1, 0.15) is 11.6 Å². The highest BCUT2D eigenvalue weighted by atomic mass is 16.5. The quantitative estimate of drug-likeness (QED) is 0.923. The summed E-state index contributed by atoms with van der Waals surface area (Å²) in [5.41, 5.74) is 1.85. The first kappa shape index (κ1) is 15.8. The fraction of sp³-hybridized carbons (Fsp3) is 0.706. The van der Waals surface area contributed by atoms with Crippen molar-refractivity contribution in [3.05, 3.63) is 11.5 Å². The number of aryl methyl sites for hydroxylation is 3. The Balaban J connectivity index is 1.63. The van der Waals surface area contributed by atoms with Gasteiger partial charge in [-0.05, 0) is 39.8 Å². The summed E-state index contributed by atoms with van der Waals surface area (Å²) < 4.78 is 7.64. The van der Waals surface area contributed by atoms with Gasteiger partial charge in [0.05, 0.1) is 36.4 Å². The van der Waals surface area contributed by atoms with E-state index in [0.717, 1.165) is 41.6 Å². The van der Waals surface area contributed by atoms with Crippen molar-refractivity contribution in [1.82, 2.24) is 24.6 Å². The Morgan fingerprint density at radius 2 is 1.88 bits per heavy atom. The molecule has 0 saturated carbocycles. The molecule has 2 aromatic rings. The van der Waals surface area contributed by atoms with Crippen LogP contribution >= 0.6 is 0 Å². The van der Waals surface area contributed by atoms with Gasteiger partial charge in [-0.1, -0.05) is 6.42 Å². The highest BCUT2D eigenvalue weighted by Gasteiger charge is 2.34. The molecule has 0 aromatic carbocycles. The molecular weight excluding hydrogens is 304 g/mol. The Morgan fingerprint density at radius 1 is 1.08 bits per heavy atom. The van der Waals surface area contributed by atoms with Crippen molar-refractivity contribution >= 4 is 16.9 Å². The van der Waals surface area contributed by atoms with Crippen molar-refractivity contribution < 1.29 is 4.74 Å². The first-order chi connectivity index (χ1) is 11.6. The minimum Gasteiger partial charge on any atom is -0.378 e. The van der Waals surface area contributed by atoms with Crippen LogP contribution in [0.3, 0.4) is 0 Å². The van der Waals surface area contributed by atoms with Gasteiger partial charge in [-0.3, -0.25) is 9.58 Å². The molecule has 0 amide bonds. The van der Waals surface area contributed by atoms with Gasteiger partial charge < -0.3 is 10.1 Å². The lowest BCUT2D eigenvalue weighted by molar-refractivity contribution is 0.127. The molecule has 0 bridgehead atoms. The molecule has 2 saturated heterocycles. The van der Waals surface area contributed by atoms with E-state index >= 15 is 0 Å². The summed E-state index contributed by atoms with van der Waals surface area (Å²) in [6, 6.07) is 0.688. The van der Waals surface area contributed by atoms with Crippen molar-refractivity contribution in [2.45, 2.75) is 45.2 Å². The normalized spacial score (nSPS) is 25.5. The number of hydrogen-bond donors (Lipinski definition) is 1. The third-order valence-electron chi connectivity index (χ3n) is 5.20. The number of fused-ring (bicyclic) bond motifs is 1. The third kappa shape index (κ3) is 2.75. The van der Waals surface area contributed by atoms with E-state index in [1.807, 2.05) is 25.6 Å². The van der Waals surface area contributed by atoms with Crippen LogP contribution in [0.1, 0.15) is 30.8 Å². The van der Waals surface area contributed by atoms with Crippen LogP contribution in [0.4, 0.5) is 5.82 Å². The maximum atomic E-state index is 5.80. The van der Waals surface area contributed by atoms with Gasteiger partial charge in [0.15, 0.2) is 5.65 Å². The third-order valence-corrected chi connectivity index (χ3v) is 5.20. The Labute approximate surface area is 142 Å². The van der Waals surface area contributed by atoms with Crippen molar-refractivity contribution in [3.8, 4) is 0 Å². The second kappa shape index (κ2) is 6.29. The van der Waals surface area contributed by atoms with E-state index in [9.17, 15) is 0 Å². The SMILES string of the molecule is Cc1nc(N[C@@H]2COC[C@H]2N2CCCCC2)c2c(C)nn(C)c2n1. The van der Waals surface area contributed by atoms with E-state index in [-0.39, 0.29) is 6.04 Å². The van der Waals surface area contributed by atoms with Crippen molar-refractivity contribution in [3.63, 3.8) is 0 Å². The number of nitrogens with zero attached hydrogens (tertiary/aromatic N) is 5. The number of ether oxygens (including phenoxy) is 1. The predicted molar refractivity (Wildman–Crippen MR) is 93.2 cm³/mol. The fourth-order valence-electron chi connectivity index (χ4n) is 4.02. The fourth-order valence-corrected chi connectivity index (χ4v) is 4.02. The topological polar surface area (TPSA) is 68.1 Å². The average Bonchev–Trinajstić information content (AvgIpc) is 3.13. The van der Waals surface area contributed by atoms with E-state index in [0.29, 0.717) is 6.04 Å². The van der Waals surface area contributed by atoms with Crippen LogP contribution in [-0.2, 0) is 11.8 Å². The molecule has 130 valence electrons. The van der Waals surface area contributed by atoms with Crippen LogP contribution in [-0.4, -0.2) is 63.0 Å². The number of hydrogen-bond acceptors (Lipinski definition) is 6. The number of nitrogens with one attached hydrogen (secondary N) is 1. The van der Waals surface area contributed by atoms with Gasteiger partial charge in [0.2, 0.25) is 0 Å². The van der Waals surface area contributed by atoms with Crippen molar-refractivity contribution in [1.29, 1.82) is 0 Å². The van der Waals surface area contributed by atoms with Gasteiger partial charge in [-0.2, -0.15) is 5.10 Å². The van der Waals surface area contributed by atoms with E-state index in [4.69, 9.17) is 4.74 Å². The molecule has 0 aliphatic carbocycles. The lowest BCUT2D eigenvalue weighted by Crippen LogP contribution is -2.48. The molecule has 2 fully saturated rings. The molecule has 7 heteroatoms. The molecule has 2 aliphatic heterocycles. The second-order valence-corrected chi connectivity index (χ2v) is 6.98. The zero-order valence-corrected chi connectivity index (χ0v) is 14.7. The molecule has 2 atom stereocenters. The van der Waals surface area contributed by atoms with Crippen LogP contribution in [0.2, 0.25) is 0 Å². The van der Waals surface area contributed by atoms with Gasteiger partial charge >= 0.3 is 0 Å². The standard InChI is InChI=1S/C17H26N6O/c1-11-15-16(18-12(2)19-17(15)22(3)21-11)20-13-9-24-10-14(13)23-7-5-4-6-8-23/h13-14H,4-10H2,1-3H3,(H,18,19,20)/t13-,14-/m1/s1. The molecule has 0 spiro atoms. The molecule has 4 heterocycles. The van der Waals surface area contributed by atoms with E-state index in [1.54, 1.807) is 0 Å². The predicted octanol–water partition coefficient (Wildman–Crippen LogP) is 1.65. The zero-order chi connectivity index (χ0) is 16.7. The van der Waals surface area contributed by atoms with Gasteiger partial charge in [-0.25, -0.2) is 9.97 Å². The largest absolute Gasteiger partial charge is 0.378 e. The van der Waals surface area contributed by atoms with Gasteiger partial charge in [0.25, 0.3) is 0 Å². The van der Waals surface area contributed by atoms with Gasteiger partial charge in [0, 0.05) is 7.05 Å². The summed E-state index contributed by atoms with van der Waals surface area (Å²) in [6.07, 6.45) is 3.94. The second-order valence-electron chi connectivity index (χ2n) is 6.98. The van der Waals surface area contributed by atoms with E-state index in [2.05, 4.69) is 25.3 Å². The number of piperidine rings is 1. The Bertz CT molecular complexity index is 736. The zero-order valence-electron chi connectivity index (χ0n) is 14.7. The van der Waals surface area contributed by atoms with Crippen LogP contribution in [0.15, 0.2) is 0 Å². The number of aromatic nitrogens is 4. The van der Waals surface area contributed by atoms with Crippen LogP contribution < -0.4 is 5.32 Å². The Kier molecular flexibility index (Phi) is 4.14. The highest BCUT2D eigenvalue weighted by Crippen LogP contribution is 2.27. The summed E-state index contributed by atoms with van der Waals surface area (Å²) in [4.78, 5) is 11.8. The Hall–Kier alpha value is -1.73. The van der Waals surface area contributed by atoms with Crippen LogP contribution in [0, 0.1) is 13.8 Å². The number of rotatable bonds is 3. The minimum absolute atomic E-state index is 0.264. The van der Waals surface area contributed by atoms with E-state index in [1.165, 1.54) is 32.4 Å². The molecule has 2 aromatic heterocycles. The van der Waals surface area contributed by atoms with Crippen molar-refractivity contribution in [2.24, 2.45) is 7.05 Å². The molecular formula is C17H26N6O. The minimum atomic E-state index is 0.264. The molecule has 0 unspecified atom stereocenters. The number of anilines is 1. The molecule has 1 N–H and O–H groups in total. The molecule has 7 nitrogen and oxygen atoms in total. The van der Waals surface area contributed by atoms with Crippen molar-refractivity contribution in [2.75, 3.05) is 31.6 Å². The summed E-state index contributed by atoms with van der Waals surface area (Å²) in [5.74, 6) is 1.65. The molecule has 2 aliphatic rings. The summed E-state index contributed by atoms with van der Waals surface area (Å²) >= 11 is 0. The Morgan fingerprint density at radius 3 is 2.67 bits per heavy atom. The van der Waals surface area contributed by atoms with Crippen LogP contribution in [0.25, 0.3) is 11.0 Å². The highest BCUT2D eigenvalue weighted by molar-refractivity contribution is 5.89. The molecule has 4 rings (SSSR count). The van der Waals surface area contributed by atoms with Crippen LogP contribution in [0.5, 0.6) is 0 Å². The first-order valence-electron chi connectivity index (χ1n) is 8.90. The smallest absolute Gasteiger partial charge is 0.163 e. The molecule has 0 radical (unpaired) electrons. The summed E-state index contributed by atoms with van der Waals surface area (Å²) in [5, 5.41) is 9.18. The number of likely N-dealkylation sites (tertiary alicyclic amines) is 1. The summed E-state index contributed by atoms with van der Waals surface area (Å²) in [6.45, 7) is 7.83. The molecule has 24 heavy (non-hydrogen) atoms. The average molecular weight is 330 g/mol. The lowest BCUT2D eigenvalue weighted by Gasteiger charge is -2.34. The monoisotopic (exact) mass is 330 g/mol. The lowest BCUT2D eigenvalue weighted by atomic mass is 10.0. The van der Waals surface area contributed by atoms with Gasteiger partial charge in [-0.15, -0.1) is 0 Å². The van der Waals surface area contributed by atoms with E-state index < -0.39 is 0 Å².